The number of hydrogen-bond donors (Lipinski definition) is 3. The first-order valence-corrected chi connectivity index (χ1v) is 10.4. The summed E-state index contributed by atoms with van der Waals surface area (Å²) in [6.07, 6.45) is 1.67. The van der Waals surface area contributed by atoms with Crippen molar-refractivity contribution in [1.82, 2.24) is 20.9 Å². The summed E-state index contributed by atoms with van der Waals surface area (Å²) in [4.78, 5) is 52.1. The molecular weight excluding hydrogens is 416 g/mol. The number of carbonyl (C=O) groups is 4. The van der Waals surface area contributed by atoms with Gasteiger partial charge in [0.25, 0.3) is 5.91 Å². The van der Waals surface area contributed by atoms with Crippen molar-refractivity contribution < 1.29 is 28.3 Å². The largest absolute Gasteiger partial charge is 0.467 e. The Morgan fingerprint density at radius 1 is 1.19 bits per heavy atom. The summed E-state index contributed by atoms with van der Waals surface area (Å²) in [7, 11) is 0. The number of rotatable bonds is 7. The van der Waals surface area contributed by atoms with Gasteiger partial charge in [0.1, 0.15) is 18.4 Å². The van der Waals surface area contributed by atoms with Crippen LogP contribution in [0.25, 0.3) is 0 Å². The van der Waals surface area contributed by atoms with Crippen LogP contribution >= 0.6 is 0 Å². The molecule has 2 aliphatic rings. The minimum Gasteiger partial charge on any atom is -0.467 e. The lowest BCUT2D eigenvalue weighted by molar-refractivity contribution is -0.142. The van der Waals surface area contributed by atoms with Crippen molar-refractivity contribution in [2.45, 2.75) is 37.6 Å². The second-order valence-corrected chi connectivity index (χ2v) is 7.62. The summed E-state index contributed by atoms with van der Waals surface area (Å²) >= 11 is 0. The third-order valence-electron chi connectivity index (χ3n) is 5.43. The Labute approximate surface area is 184 Å². The molecule has 0 aliphatic carbocycles. The fourth-order valence-electron chi connectivity index (χ4n) is 3.65. The van der Waals surface area contributed by atoms with Gasteiger partial charge < -0.3 is 25.1 Å². The number of nitrogens with one attached hydrogen (secondary N) is 3. The van der Waals surface area contributed by atoms with Crippen LogP contribution < -0.4 is 16.0 Å². The first kappa shape index (κ1) is 21.6. The number of amides is 4. The number of nitrogens with zero attached hydrogens (tertiary/aromatic N) is 1. The maximum absolute atomic E-state index is 13.3. The molecule has 10 heteroatoms. The zero-order valence-electron chi connectivity index (χ0n) is 17.3. The Bertz CT molecular complexity index is 972. The van der Waals surface area contributed by atoms with Gasteiger partial charge in [-0.3, -0.25) is 14.4 Å². The summed E-state index contributed by atoms with van der Waals surface area (Å²) < 4.78 is 10.8. The molecule has 10 nitrogen and oxygen atoms in total. The summed E-state index contributed by atoms with van der Waals surface area (Å²) in [5.41, 5.74) is 0.734. The van der Waals surface area contributed by atoms with Crippen LogP contribution in [-0.4, -0.2) is 53.9 Å². The molecule has 2 fully saturated rings. The standard InChI is InChI=1S/C22H24N4O6/c27-19-16(12-24-19)25-20(28)18(17-9-5-11-31-17)26(21(29)15-8-4-10-23-15)22(30)32-13-14-6-2-1-3-7-14/h1-3,5-7,9,11,15-16,18,23H,4,8,10,12-13H2,(H,24,27)(H,25,28)/t15-,16?,18?/m0/s1. The molecule has 32 heavy (non-hydrogen) atoms. The van der Waals surface area contributed by atoms with Crippen molar-refractivity contribution >= 4 is 23.8 Å². The summed E-state index contributed by atoms with van der Waals surface area (Å²) in [5, 5.41) is 8.16. The van der Waals surface area contributed by atoms with Crippen LogP contribution in [0.4, 0.5) is 4.79 Å². The van der Waals surface area contributed by atoms with E-state index < -0.39 is 36.0 Å². The third-order valence-corrected chi connectivity index (χ3v) is 5.43. The number of ether oxygens (including phenoxy) is 1. The van der Waals surface area contributed by atoms with E-state index >= 15 is 0 Å². The topological polar surface area (TPSA) is 130 Å². The quantitative estimate of drug-likeness (QED) is 0.544. The first-order valence-electron chi connectivity index (χ1n) is 10.4. The highest BCUT2D eigenvalue weighted by molar-refractivity contribution is 6.01. The summed E-state index contributed by atoms with van der Waals surface area (Å²) in [6, 6.07) is 9.27. The van der Waals surface area contributed by atoms with Crippen molar-refractivity contribution in [3.8, 4) is 0 Å². The number of carbonyl (C=O) groups excluding carboxylic acids is 4. The van der Waals surface area contributed by atoms with Gasteiger partial charge in [-0.15, -0.1) is 0 Å². The summed E-state index contributed by atoms with van der Waals surface area (Å²) in [5.74, 6) is -1.54. The van der Waals surface area contributed by atoms with Crippen LogP contribution in [0, 0.1) is 0 Å². The predicted molar refractivity (Wildman–Crippen MR) is 111 cm³/mol. The third kappa shape index (κ3) is 4.65. The lowest BCUT2D eigenvalue weighted by Gasteiger charge is -2.32. The molecule has 1 aromatic carbocycles. The Morgan fingerprint density at radius 3 is 2.59 bits per heavy atom. The molecule has 2 aliphatic heterocycles. The van der Waals surface area contributed by atoms with Gasteiger partial charge in [-0.1, -0.05) is 30.3 Å². The van der Waals surface area contributed by atoms with Gasteiger partial charge >= 0.3 is 6.09 Å². The lowest BCUT2D eigenvalue weighted by Crippen LogP contribution is -2.63. The fraction of sp³-hybridized carbons (Fsp3) is 0.364. The minimum atomic E-state index is -1.42. The van der Waals surface area contributed by atoms with Crippen LogP contribution in [0.2, 0.25) is 0 Å². The van der Waals surface area contributed by atoms with Crippen LogP contribution in [0.1, 0.15) is 30.2 Å². The highest BCUT2D eigenvalue weighted by Gasteiger charge is 2.44. The lowest BCUT2D eigenvalue weighted by atomic mass is 10.1. The zero-order chi connectivity index (χ0) is 22.5. The molecule has 3 N–H and O–H groups in total. The molecular formula is C22H24N4O6. The number of furan rings is 1. The number of imide groups is 1. The second kappa shape index (κ2) is 9.65. The van der Waals surface area contributed by atoms with Gasteiger partial charge in [0.2, 0.25) is 11.8 Å². The maximum atomic E-state index is 13.3. The monoisotopic (exact) mass is 440 g/mol. The molecule has 2 aromatic rings. The Hall–Kier alpha value is -3.66. The summed E-state index contributed by atoms with van der Waals surface area (Å²) in [6.45, 7) is 0.828. The molecule has 4 rings (SSSR count). The molecule has 0 spiro atoms. The predicted octanol–water partition coefficient (Wildman–Crippen LogP) is 0.853. The van der Waals surface area contributed by atoms with Crippen LogP contribution in [0.5, 0.6) is 0 Å². The highest BCUT2D eigenvalue weighted by Crippen LogP contribution is 2.26. The van der Waals surface area contributed by atoms with Crippen LogP contribution in [0.3, 0.4) is 0 Å². The van der Waals surface area contributed by atoms with Gasteiger partial charge in [-0.05, 0) is 37.1 Å². The Balaban J connectivity index is 1.61. The van der Waals surface area contributed by atoms with Gasteiger partial charge in [0, 0.05) is 6.54 Å². The van der Waals surface area contributed by atoms with Gasteiger partial charge in [0.05, 0.1) is 12.3 Å². The van der Waals surface area contributed by atoms with E-state index in [1.54, 1.807) is 30.3 Å². The van der Waals surface area contributed by atoms with E-state index in [0.717, 1.165) is 16.9 Å². The van der Waals surface area contributed by atoms with E-state index in [1.165, 1.54) is 12.3 Å². The molecule has 0 bridgehead atoms. The molecule has 3 atom stereocenters. The smallest absolute Gasteiger partial charge is 0.418 e. The Kier molecular flexibility index (Phi) is 6.50. The van der Waals surface area contributed by atoms with Crippen molar-refractivity contribution in [1.29, 1.82) is 0 Å². The van der Waals surface area contributed by atoms with E-state index in [9.17, 15) is 19.2 Å². The molecule has 0 saturated carbocycles. The molecule has 3 heterocycles. The Morgan fingerprint density at radius 2 is 2.00 bits per heavy atom. The highest BCUT2D eigenvalue weighted by atomic mass is 16.6. The molecule has 2 unspecified atom stereocenters. The average molecular weight is 440 g/mol. The van der Waals surface area contributed by atoms with Crippen molar-refractivity contribution in [3.05, 3.63) is 60.1 Å². The normalized spacial score (nSPS) is 20.6. The molecule has 2 saturated heterocycles. The second-order valence-electron chi connectivity index (χ2n) is 7.62. The van der Waals surface area contributed by atoms with Crippen LogP contribution in [-0.2, 0) is 25.7 Å². The SMILES string of the molecule is O=C1NCC1NC(=O)C(c1ccco1)N(C(=O)OCc1ccccc1)C(=O)[C@@H]1CCCN1. The first-order chi connectivity index (χ1) is 15.5. The van der Waals surface area contributed by atoms with Gasteiger partial charge in [0.15, 0.2) is 6.04 Å². The average Bonchev–Trinajstić information content (AvgIpc) is 3.53. The van der Waals surface area contributed by atoms with Gasteiger partial charge in [-0.2, -0.15) is 0 Å². The number of β-lactam (4-membered cyclic amide) rings is 1. The fourth-order valence-corrected chi connectivity index (χ4v) is 3.65. The van der Waals surface area contributed by atoms with Crippen molar-refractivity contribution in [3.63, 3.8) is 0 Å². The van der Waals surface area contributed by atoms with Crippen LogP contribution in [0.15, 0.2) is 53.1 Å². The van der Waals surface area contributed by atoms with Crippen molar-refractivity contribution in [2.75, 3.05) is 13.1 Å². The minimum absolute atomic E-state index is 0.0704. The number of hydrogen-bond acceptors (Lipinski definition) is 7. The molecule has 1 aromatic heterocycles. The van der Waals surface area contributed by atoms with E-state index in [1.807, 2.05) is 6.07 Å². The van der Waals surface area contributed by atoms with Crippen molar-refractivity contribution in [2.24, 2.45) is 0 Å². The molecule has 168 valence electrons. The molecule has 4 amide bonds. The van der Waals surface area contributed by atoms with E-state index in [-0.39, 0.29) is 24.8 Å². The maximum Gasteiger partial charge on any atom is 0.418 e. The zero-order valence-corrected chi connectivity index (χ0v) is 17.3. The van der Waals surface area contributed by atoms with E-state index in [0.29, 0.717) is 13.0 Å². The molecule has 0 radical (unpaired) electrons. The van der Waals surface area contributed by atoms with E-state index in [4.69, 9.17) is 9.15 Å². The van der Waals surface area contributed by atoms with E-state index in [2.05, 4.69) is 16.0 Å². The van der Waals surface area contributed by atoms with Gasteiger partial charge in [-0.25, -0.2) is 9.69 Å². The number of benzene rings is 1.